The highest BCUT2D eigenvalue weighted by Gasteiger charge is 2.71. The summed E-state index contributed by atoms with van der Waals surface area (Å²) in [6.07, 6.45) is 3.71. The van der Waals surface area contributed by atoms with Crippen LogP contribution in [0.2, 0.25) is 5.02 Å². The summed E-state index contributed by atoms with van der Waals surface area (Å²) >= 11 is 6.12. The van der Waals surface area contributed by atoms with Gasteiger partial charge in [-0.1, -0.05) is 84.4 Å². The van der Waals surface area contributed by atoms with Gasteiger partial charge < -0.3 is 4.90 Å². The number of para-hydroxylation sites is 1. The first kappa shape index (κ1) is 23.7. The zero-order valence-electron chi connectivity index (χ0n) is 20.6. The Labute approximate surface area is 229 Å². The predicted octanol–water partition coefficient (Wildman–Crippen LogP) is 6.80. The lowest BCUT2D eigenvalue weighted by molar-refractivity contribution is 0.0664. The summed E-state index contributed by atoms with van der Waals surface area (Å²) in [5.41, 5.74) is 0.965. The number of anilines is 1. The Morgan fingerprint density at radius 1 is 0.795 bits per heavy atom. The summed E-state index contributed by atoms with van der Waals surface area (Å²) in [6, 6.07) is 25.1. The average molecular weight is 534 g/mol. The zero-order chi connectivity index (χ0) is 26.9. The molecule has 3 aliphatic rings. The second-order valence-electron chi connectivity index (χ2n) is 10.2. The van der Waals surface area contributed by atoms with Crippen LogP contribution in [0.15, 0.2) is 103 Å². The van der Waals surface area contributed by atoms with Crippen LogP contribution in [0, 0.1) is 11.2 Å². The van der Waals surface area contributed by atoms with Crippen LogP contribution in [0.3, 0.4) is 0 Å². The first-order chi connectivity index (χ1) is 18.9. The van der Waals surface area contributed by atoms with Gasteiger partial charge in [0.25, 0.3) is 0 Å². The molecule has 3 atom stereocenters. The Hall–Kier alpha value is -4.35. The van der Waals surface area contributed by atoms with Crippen LogP contribution in [0.5, 0.6) is 0 Å². The summed E-state index contributed by atoms with van der Waals surface area (Å²) in [7, 11) is 0. The molecule has 39 heavy (non-hydrogen) atoms. The van der Waals surface area contributed by atoms with Crippen molar-refractivity contribution in [3.63, 3.8) is 0 Å². The molecule has 4 aromatic carbocycles. The molecule has 0 N–H and O–H groups in total. The molecule has 0 saturated carbocycles. The SMILES string of the molecule is O=C(c1ccc(Cl)cc1)[C@H]1[C@H](c2ccccc2F)C2(C(=O)c3ccccc3C2=O)[C@@H]2C=Cc3ccccc3N21. The minimum Gasteiger partial charge on any atom is -0.352 e. The molecule has 0 radical (unpaired) electrons. The highest BCUT2D eigenvalue weighted by molar-refractivity contribution is 6.32. The first-order valence-corrected chi connectivity index (χ1v) is 13.1. The van der Waals surface area contributed by atoms with Crippen molar-refractivity contribution >= 4 is 40.7 Å². The van der Waals surface area contributed by atoms with Gasteiger partial charge in [0, 0.05) is 33.3 Å². The monoisotopic (exact) mass is 533 g/mol. The maximum Gasteiger partial charge on any atom is 0.185 e. The van der Waals surface area contributed by atoms with Gasteiger partial charge in [-0.3, -0.25) is 14.4 Å². The lowest BCUT2D eigenvalue weighted by atomic mass is 9.64. The number of benzene rings is 4. The van der Waals surface area contributed by atoms with Gasteiger partial charge in [0.2, 0.25) is 0 Å². The van der Waals surface area contributed by atoms with E-state index < -0.39 is 29.2 Å². The van der Waals surface area contributed by atoms with Crippen molar-refractivity contribution in [3.8, 4) is 0 Å². The molecule has 1 aliphatic carbocycles. The summed E-state index contributed by atoms with van der Waals surface area (Å²) in [6.45, 7) is 0. The molecule has 0 bridgehead atoms. The molecule has 190 valence electrons. The van der Waals surface area contributed by atoms with Gasteiger partial charge in [0.15, 0.2) is 17.3 Å². The molecule has 7 rings (SSSR count). The van der Waals surface area contributed by atoms with E-state index in [9.17, 15) is 14.4 Å². The molecule has 0 unspecified atom stereocenters. The van der Waals surface area contributed by atoms with Crippen molar-refractivity contribution in [2.45, 2.75) is 18.0 Å². The van der Waals surface area contributed by atoms with Crippen LogP contribution in [-0.2, 0) is 0 Å². The second kappa shape index (κ2) is 8.58. The third-order valence-electron chi connectivity index (χ3n) is 8.35. The van der Waals surface area contributed by atoms with Crippen molar-refractivity contribution in [2.75, 3.05) is 4.90 Å². The van der Waals surface area contributed by atoms with E-state index in [-0.39, 0.29) is 22.9 Å². The molecule has 1 spiro atoms. The predicted molar refractivity (Wildman–Crippen MR) is 148 cm³/mol. The van der Waals surface area contributed by atoms with Gasteiger partial charge in [0.1, 0.15) is 17.3 Å². The van der Waals surface area contributed by atoms with Crippen LogP contribution < -0.4 is 4.90 Å². The number of rotatable bonds is 3. The summed E-state index contributed by atoms with van der Waals surface area (Å²) in [5.74, 6) is -2.74. The average Bonchev–Trinajstić information content (AvgIpc) is 3.39. The van der Waals surface area contributed by atoms with Gasteiger partial charge in [-0.25, -0.2) is 4.39 Å². The summed E-state index contributed by atoms with van der Waals surface area (Å²) < 4.78 is 15.7. The molecular weight excluding hydrogens is 513 g/mol. The number of Topliss-reactive ketones (excluding diaryl/α,β-unsaturated/α-hetero) is 3. The minimum absolute atomic E-state index is 0.166. The zero-order valence-corrected chi connectivity index (χ0v) is 21.3. The van der Waals surface area contributed by atoms with Crippen LogP contribution in [0.25, 0.3) is 6.08 Å². The summed E-state index contributed by atoms with van der Waals surface area (Å²) in [5, 5.41) is 0.473. The van der Waals surface area contributed by atoms with E-state index in [0.29, 0.717) is 27.4 Å². The number of hydrogen-bond donors (Lipinski definition) is 0. The number of hydrogen-bond acceptors (Lipinski definition) is 4. The number of ketones is 3. The number of carbonyl (C=O) groups excluding carboxylic acids is 3. The number of fused-ring (bicyclic) bond motifs is 5. The molecule has 4 nitrogen and oxygen atoms in total. The van der Waals surface area contributed by atoms with E-state index >= 15 is 4.39 Å². The third kappa shape index (κ3) is 3.14. The molecular formula is C33H21ClFNO3. The van der Waals surface area contributed by atoms with E-state index in [1.54, 1.807) is 66.7 Å². The lowest BCUT2D eigenvalue weighted by Gasteiger charge is -2.37. The number of halogens is 2. The van der Waals surface area contributed by atoms with E-state index in [2.05, 4.69) is 0 Å². The Kier molecular flexibility index (Phi) is 5.23. The standard InChI is InChI=1S/C33H21ClFNO3/c34-21-16-13-20(14-17-21)30(37)29-28(24-10-4-5-11-25(24)35)33(31(38)22-8-2-3-9-23(22)32(33)39)27-18-15-19-7-1-6-12-26(19)36(27)29/h1-18,27-29H/t27-,28-,29+/m0/s1. The van der Waals surface area contributed by atoms with Gasteiger partial charge >= 0.3 is 0 Å². The molecule has 2 heterocycles. The number of nitrogens with zero attached hydrogens (tertiary/aromatic N) is 1. The summed E-state index contributed by atoms with van der Waals surface area (Å²) in [4.78, 5) is 45.4. The minimum atomic E-state index is -1.73. The fourth-order valence-corrected chi connectivity index (χ4v) is 6.90. The molecule has 4 aromatic rings. The van der Waals surface area contributed by atoms with Crippen LogP contribution in [-0.4, -0.2) is 29.4 Å². The van der Waals surface area contributed by atoms with E-state index in [0.717, 1.165) is 5.56 Å². The van der Waals surface area contributed by atoms with E-state index in [1.165, 1.54) is 6.07 Å². The van der Waals surface area contributed by atoms with Gasteiger partial charge in [0.05, 0.1) is 6.04 Å². The van der Waals surface area contributed by atoms with Crippen LogP contribution >= 0.6 is 11.6 Å². The van der Waals surface area contributed by atoms with Gasteiger partial charge in [-0.15, -0.1) is 0 Å². The van der Waals surface area contributed by atoms with Gasteiger partial charge in [-0.05, 0) is 47.5 Å². The Balaban J connectivity index is 1.56. The lowest BCUT2D eigenvalue weighted by Crippen LogP contribution is -2.48. The first-order valence-electron chi connectivity index (χ1n) is 12.7. The van der Waals surface area contributed by atoms with Crippen molar-refractivity contribution in [1.29, 1.82) is 0 Å². The largest absolute Gasteiger partial charge is 0.352 e. The van der Waals surface area contributed by atoms with Crippen molar-refractivity contribution < 1.29 is 18.8 Å². The molecule has 0 aromatic heterocycles. The Morgan fingerprint density at radius 3 is 2.10 bits per heavy atom. The highest BCUT2D eigenvalue weighted by Crippen LogP contribution is 2.61. The molecule has 1 fully saturated rings. The third-order valence-corrected chi connectivity index (χ3v) is 8.60. The Bertz CT molecular complexity index is 1690. The van der Waals surface area contributed by atoms with Crippen LogP contribution in [0.1, 0.15) is 48.1 Å². The van der Waals surface area contributed by atoms with Gasteiger partial charge in [-0.2, -0.15) is 0 Å². The number of carbonyl (C=O) groups is 3. The Morgan fingerprint density at radius 2 is 1.41 bits per heavy atom. The van der Waals surface area contributed by atoms with Crippen molar-refractivity contribution in [1.82, 2.24) is 0 Å². The topological polar surface area (TPSA) is 54.5 Å². The molecule has 2 aliphatic heterocycles. The van der Waals surface area contributed by atoms with E-state index in [4.69, 9.17) is 11.6 Å². The van der Waals surface area contributed by atoms with E-state index in [1.807, 2.05) is 41.3 Å². The molecule has 1 saturated heterocycles. The highest BCUT2D eigenvalue weighted by atomic mass is 35.5. The molecule has 6 heteroatoms. The normalized spacial score (nSPS) is 22.1. The maximum absolute atomic E-state index is 15.7. The quantitative estimate of drug-likeness (QED) is 0.215. The second-order valence-corrected chi connectivity index (χ2v) is 10.6. The van der Waals surface area contributed by atoms with Crippen LogP contribution in [0.4, 0.5) is 10.1 Å². The fourth-order valence-electron chi connectivity index (χ4n) is 6.77. The van der Waals surface area contributed by atoms with Crippen molar-refractivity contribution in [2.24, 2.45) is 5.41 Å². The van der Waals surface area contributed by atoms with Crippen molar-refractivity contribution in [3.05, 3.63) is 142 Å². The smallest absolute Gasteiger partial charge is 0.185 e. The molecule has 0 amide bonds. The fraction of sp³-hybridized carbons (Fsp3) is 0.121. The maximum atomic E-state index is 15.7.